The van der Waals surface area contributed by atoms with Gasteiger partial charge in [0.25, 0.3) is 0 Å². The van der Waals surface area contributed by atoms with Crippen molar-refractivity contribution in [2.75, 3.05) is 38.8 Å². The minimum atomic E-state index is 0.153. The van der Waals surface area contributed by atoms with Crippen LogP contribution in [0.25, 0.3) is 0 Å². The largest absolute Gasteiger partial charge is 0.382 e. The molecule has 100 valence electrons. The smallest absolute Gasteiger partial charge is 0.156 e. The van der Waals surface area contributed by atoms with Gasteiger partial charge >= 0.3 is 0 Å². The minimum Gasteiger partial charge on any atom is -0.382 e. The molecule has 1 aromatic rings. The van der Waals surface area contributed by atoms with E-state index in [4.69, 9.17) is 21.1 Å². The van der Waals surface area contributed by atoms with Crippen molar-refractivity contribution in [2.45, 2.75) is 6.92 Å². The summed E-state index contributed by atoms with van der Waals surface area (Å²) in [7, 11) is 1.61. The quantitative estimate of drug-likeness (QED) is 0.438. The van der Waals surface area contributed by atoms with Crippen LogP contribution in [-0.2, 0) is 9.47 Å². The molecule has 0 spiro atoms. The summed E-state index contributed by atoms with van der Waals surface area (Å²) in [5.74, 6) is 0.936. The summed E-state index contributed by atoms with van der Waals surface area (Å²) in [6, 6.07) is 0. The van der Waals surface area contributed by atoms with Crippen LogP contribution in [0.1, 0.15) is 16.2 Å². The first-order chi connectivity index (χ1) is 8.69. The molecule has 0 bridgehead atoms. The van der Waals surface area contributed by atoms with Crippen molar-refractivity contribution in [1.82, 2.24) is 9.97 Å². The number of methoxy groups -OCH3 is 1. The van der Waals surface area contributed by atoms with Crippen LogP contribution in [0.15, 0.2) is 0 Å². The monoisotopic (exact) mass is 273 g/mol. The predicted octanol–water partition coefficient (Wildman–Crippen LogP) is 1.33. The molecule has 1 aromatic heterocycles. The fourth-order valence-electron chi connectivity index (χ4n) is 1.27. The number of nitrogens with zero attached hydrogens (tertiary/aromatic N) is 2. The summed E-state index contributed by atoms with van der Waals surface area (Å²) >= 11 is 5.85. The number of carbonyl (C=O) groups is 1. The van der Waals surface area contributed by atoms with E-state index in [1.54, 1.807) is 14.0 Å². The number of aryl methyl sites for hydroxylation is 1. The number of hydrogen-bond donors (Lipinski definition) is 1. The highest BCUT2D eigenvalue weighted by atomic mass is 35.5. The molecule has 0 aliphatic heterocycles. The summed E-state index contributed by atoms with van der Waals surface area (Å²) in [5.41, 5.74) is 0.263. The molecule has 0 atom stereocenters. The first-order valence-electron chi connectivity index (χ1n) is 5.49. The van der Waals surface area contributed by atoms with Gasteiger partial charge in [-0.05, 0) is 6.92 Å². The Morgan fingerprint density at radius 1 is 1.33 bits per heavy atom. The Morgan fingerprint density at radius 2 is 2.11 bits per heavy atom. The average Bonchev–Trinajstić information content (AvgIpc) is 2.33. The lowest BCUT2D eigenvalue weighted by Gasteiger charge is -2.09. The first kappa shape index (κ1) is 14.8. The summed E-state index contributed by atoms with van der Waals surface area (Å²) < 4.78 is 10.1. The van der Waals surface area contributed by atoms with Crippen LogP contribution in [0.2, 0.25) is 5.15 Å². The Bertz CT molecular complexity index is 401. The first-order valence-corrected chi connectivity index (χ1v) is 5.86. The standard InChI is InChI=1S/C11H16ClN3O3/c1-8-14-10(12)9(7-16)11(15-8)13-3-4-18-6-5-17-2/h7H,3-6H2,1-2H3,(H,13,14,15). The third kappa shape index (κ3) is 4.56. The van der Waals surface area contributed by atoms with E-state index >= 15 is 0 Å². The van der Waals surface area contributed by atoms with Crippen molar-refractivity contribution in [2.24, 2.45) is 0 Å². The zero-order valence-corrected chi connectivity index (χ0v) is 11.2. The van der Waals surface area contributed by atoms with E-state index in [1.165, 1.54) is 0 Å². The molecule has 0 unspecified atom stereocenters. The van der Waals surface area contributed by atoms with Gasteiger partial charge in [-0.1, -0.05) is 11.6 Å². The van der Waals surface area contributed by atoms with Gasteiger partial charge in [-0.15, -0.1) is 0 Å². The molecule has 1 N–H and O–H groups in total. The number of ether oxygens (including phenoxy) is 2. The maximum atomic E-state index is 10.9. The Balaban J connectivity index is 2.48. The van der Waals surface area contributed by atoms with E-state index in [0.29, 0.717) is 44.3 Å². The van der Waals surface area contributed by atoms with Gasteiger partial charge in [0.1, 0.15) is 16.8 Å². The third-order valence-electron chi connectivity index (χ3n) is 2.10. The number of carbonyl (C=O) groups excluding carboxylic acids is 1. The molecule has 0 radical (unpaired) electrons. The van der Waals surface area contributed by atoms with Gasteiger partial charge in [0.2, 0.25) is 0 Å². The van der Waals surface area contributed by atoms with Crippen molar-refractivity contribution in [1.29, 1.82) is 0 Å². The molecule has 0 aromatic carbocycles. The molecule has 0 saturated carbocycles. The zero-order valence-electron chi connectivity index (χ0n) is 10.4. The Morgan fingerprint density at radius 3 is 2.78 bits per heavy atom. The number of anilines is 1. The van der Waals surface area contributed by atoms with Gasteiger partial charge in [-0.25, -0.2) is 9.97 Å². The van der Waals surface area contributed by atoms with Crippen molar-refractivity contribution in [3.8, 4) is 0 Å². The van der Waals surface area contributed by atoms with Gasteiger partial charge in [0.15, 0.2) is 6.29 Å². The predicted molar refractivity (Wildman–Crippen MR) is 68.4 cm³/mol. The molecule has 1 rings (SSSR count). The van der Waals surface area contributed by atoms with E-state index < -0.39 is 0 Å². The molecule has 1 heterocycles. The van der Waals surface area contributed by atoms with E-state index in [9.17, 15) is 4.79 Å². The number of aldehydes is 1. The molecule has 0 aliphatic carbocycles. The van der Waals surface area contributed by atoms with E-state index in [0.717, 1.165) is 0 Å². The molecule has 7 heteroatoms. The third-order valence-corrected chi connectivity index (χ3v) is 2.39. The SMILES string of the molecule is COCCOCCNc1nc(C)nc(Cl)c1C=O. The summed E-state index contributed by atoms with van der Waals surface area (Å²) in [5, 5.41) is 3.14. The summed E-state index contributed by atoms with van der Waals surface area (Å²) in [4.78, 5) is 18.9. The number of aromatic nitrogens is 2. The summed E-state index contributed by atoms with van der Waals surface area (Å²) in [6.07, 6.45) is 0.635. The van der Waals surface area contributed by atoms with Gasteiger partial charge < -0.3 is 14.8 Å². The van der Waals surface area contributed by atoms with Crippen LogP contribution in [0.5, 0.6) is 0 Å². The number of nitrogens with one attached hydrogen (secondary N) is 1. The molecular weight excluding hydrogens is 258 g/mol. The van der Waals surface area contributed by atoms with Crippen LogP contribution >= 0.6 is 11.6 Å². The molecule has 6 nitrogen and oxygen atoms in total. The van der Waals surface area contributed by atoms with Crippen molar-refractivity contribution < 1.29 is 14.3 Å². The van der Waals surface area contributed by atoms with Crippen LogP contribution in [-0.4, -0.2) is 49.7 Å². The topological polar surface area (TPSA) is 73.3 Å². The molecular formula is C11H16ClN3O3. The highest BCUT2D eigenvalue weighted by Crippen LogP contribution is 2.18. The van der Waals surface area contributed by atoms with Crippen molar-refractivity contribution >= 4 is 23.7 Å². The number of halogens is 1. The van der Waals surface area contributed by atoms with Gasteiger partial charge in [0.05, 0.1) is 25.4 Å². The molecule has 0 fully saturated rings. The second-order valence-corrected chi connectivity index (χ2v) is 3.83. The van der Waals surface area contributed by atoms with Gasteiger partial charge in [-0.2, -0.15) is 0 Å². The molecule has 0 saturated heterocycles. The van der Waals surface area contributed by atoms with Crippen LogP contribution < -0.4 is 5.32 Å². The highest BCUT2D eigenvalue weighted by molar-refractivity contribution is 6.32. The van der Waals surface area contributed by atoms with Crippen LogP contribution in [0, 0.1) is 6.92 Å². The molecule has 0 aliphatic rings. The maximum absolute atomic E-state index is 10.9. The van der Waals surface area contributed by atoms with Crippen LogP contribution in [0.4, 0.5) is 5.82 Å². The Kier molecular flexibility index (Phi) is 6.56. The second-order valence-electron chi connectivity index (χ2n) is 3.47. The lowest BCUT2D eigenvalue weighted by Crippen LogP contribution is -2.14. The van der Waals surface area contributed by atoms with Gasteiger partial charge in [-0.3, -0.25) is 4.79 Å². The maximum Gasteiger partial charge on any atom is 0.156 e. The Hall–Kier alpha value is -1.24. The lowest BCUT2D eigenvalue weighted by molar-refractivity contribution is 0.0759. The number of rotatable bonds is 8. The van der Waals surface area contributed by atoms with Gasteiger partial charge in [0, 0.05) is 13.7 Å². The van der Waals surface area contributed by atoms with Crippen LogP contribution in [0.3, 0.4) is 0 Å². The molecule has 18 heavy (non-hydrogen) atoms. The minimum absolute atomic E-state index is 0.153. The normalized spacial score (nSPS) is 10.4. The fourth-order valence-corrected chi connectivity index (χ4v) is 1.53. The lowest BCUT2D eigenvalue weighted by atomic mass is 10.3. The van der Waals surface area contributed by atoms with Crippen molar-refractivity contribution in [3.63, 3.8) is 0 Å². The summed E-state index contributed by atoms with van der Waals surface area (Å²) in [6.45, 7) is 3.81. The molecule has 0 amide bonds. The highest BCUT2D eigenvalue weighted by Gasteiger charge is 2.10. The van der Waals surface area contributed by atoms with E-state index in [1.807, 2.05) is 0 Å². The average molecular weight is 274 g/mol. The van der Waals surface area contributed by atoms with Crippen molar-refractivity contribution in [3.05, 3.63) is 16.5 Å². The zero-order chi connectivity index (χ0) is 13.4. The van der Waals surface area contributed by atoms with E-state index in [-0.39, 0.29) is 10.7 Å². The van der Waals surface area contributed by atoms with E-state index in [2.05, 4.69) is 15.3 Å². The Labute approximate surface area is 111 Å². The second kappa shape index (κ2) is 7.97. The fraction of sp³-hybridized carbons (Fsp3) is 0.545. The number of hydrogen-bond acceptors (Lipinski definition) is 6.